The van der Waals surface area contributed by atoms with Crippen molar-refractivity contribution in [3.8, 4) is 5.75 Å². The number of aromatic amines is 1. The highest BCUT2D eigenvalue weighted by Crippen LogP contribution is 2.41. The molecule has 2 aromatic rings. The van der Waals surface area contributed by atoms with Crippen LogP contribution < -0.4 is 10.1 Å². The Hall–Kier alpha value is -1.82. The summed E-state index contributed by atoms with van der Waals surface area (Å²) in [4.78, 5) is 12.7. The first-order valence-corrected chi connectivity index (χ1v) is 7.06. The lowest BCUT2D eigenvalue weighted by molar-refractivity contribution is 0.102. The summed E-state index contributed by atoms with van der Waals surface area (Å²) in [6, 6.07) is 1.78. The highest BCUT2D eigenvalue weighted by atomic mass is 32.1. The van der Waals surface area contributed by atoms with Crippen LogP contribution in [0.2, 0.25) is 0 Å². The minimum Gasteiger partial charge on any atom is -0.495 e. The number of carbonyl (C=O) groups is 1. The molecule has 1 aliphatic rings. The van der Waals surface area contributed by atoms with Gasteiger partial charge < -0.3 is 10.1 Å². The van der Waals surface area contributed by atoms with E-state index >= 15 is 0 Å². The lowest BCUT2D eigenvalue weighted by Crippen LogP contribution is -2.12. The summed E-state index contributed by atoms with van der Waals surface area (Å²) in [5.41, 5.74) is 2.18. The van der Waals surface area contributed by atoms with Crippen LogP contribution in [-0.2, 0) is 0 Å². The van der Waals surface area contributed by atoms with E-state index in [1.54, 1.807) is 13.2 Å². The largest absolute Gasteiger partial charge is 0.495 e. The normalized spacial score (nSPS) is 14.4. The van der Waals surface area contributed by atoms with Crippen LogP contribution in [0.15, 0.2) is 11.4 Å². The van der Waals surface area contributed by atoms with Crippen LogP contribution in [0.4, 0.5) is 5.82 Å². The summed E-state index contributed by atoms with van der Waals surface area (Å²) < 4.78 is 5.15. The monoisotopic (exact) mass is 277 g/mol. The van der Waals surface area contributed by atoms with E-state index in [0.29, 0.717) is 22.4 Å². The minimum absolute atomic E-state index is 0.177. The molecule has 0 bridgehead atoms. The first kappa shape index (κ1) is 12.2. The van der Waals surface area contributed by atoms with Crippen molar-refractivity contribution in [3.05, 3.63) is 27.6 Å². The molecule has 0 spiro atoms. The van der Waals surface area contributed by atoms with Crippen LogP contribution in [0.5, 0.6) is 5.75 Å². The maximum atomic E-state index is 12.2. The van der Waals surface area contributed by atoms with E-state index in [4.69, 9.17) is 4.74 Å². The Morgan fingerprint density at radius 3 is 3.05 bits per heavy atom. The zero-order valence-electron chi connectivity index (χ0n) is 10.8. The third-order valence-electron chi connectivity index (χ3n) is 3.32. The molecule has 0 radical (unpaired) electrons. The SMILES string of the molecule is COc1ccsc1C(=O)Nc1n[nH]c(C2CC2)c1C. The predicted octanol–water partition coefficient (Wildman–Crippen LogP) is 2.92. The third-order valence-corrected chi connectivity index (χ3v) is 4.21. The van der Waals surface area contributed by atoms with Crippen molar-refractivity contribution >= 4 is 23.1 Å². The lowest BCUT2D eigenvalue weighted by atomic mass is 10.2. The molecule has 5 nitrogen and oxygen atoms in total. The van der Waals surface area contributed by atoms with Gasteiger partial charge in [0, 0.05) is 17.2 Å². The fraction of sp³-hybridized carbons (Fsp3) is 0.385. The Labute approximate surface area is 115 Å². The number of methoxy groups -OCH3 is 1. The molecule has 100 valence electrons. The van der Waals surface area contributed by atoms with Gasteiger partial charge in [-0.2, -0.15) is 5.10 Å². The molecule has 3 rings (SSSR count). The number of nitrogens with zero attached hydrogens (tertiary/aromatic N) is 1. The zero-order chi connectivity index (χ0) is 13.4. The second-order valence-electron chi connectivity index (χ2n) is 4.66. The quantitative estimate of drug-likeness (QED) is 0.903. The van der Waals surface area contributed by atoms with Crippen LogP contribution in [-0.4, -0.2) is 23.2 Å². The van der Waals surface area contributed by atoms with Crippen molar-refractivity contribution in [2.45, 2.75) is 25.7 Å². The molecule has 0 aliphatic heterocycles. The van der Waals surface area contributed by atoms with Crippen LogP contribution in [0.1, 0.15) is 39.7 Å². The van der Waals surface area contributed by atoms with Gasteiger partial charge in [0.25, 0.3) is 5.91 Å². The molecule has 19 heavy (non-hydrogen) atoms. The topological polar surface area (TPSA) is 67.0 Å². The Balaban J connectivity index is 1.79. The molecule has 1 saturated carbocycles. The van der Waals surface area contributed by atoms with Crippen LogP contribution >= 0.6 is 11.3 Å². The first-order valence-electron chi connectivity index (χ1n) is 6.18. The van der Waals surface area contributed by atoms with Crippen LogP contribution in [0.3, 0.4) is 0 Å². The molecule has 2 aromatic heterocycles. The Bertz CT molecular complexity index is 613. The van der Waals surface area contributed by atoms with E-state index in [2.05, 4.69) is 15.5 Å². The van der Waals surface area contributed by atoms with Gasteiger partial charge in [0.15, 0.2) is 5.82 Å². The Kier molecular flexibility index (Phi) is 3.02. The van der Waals surface area contributed by atoms with Gasteiger partial charge in [-0.05, 0) is 31.2 Å². The van der Waals surface area contributed by atoms with Gasteiger partial charge in [0.2, 0.25) is 0 Å². The third kappa shape index (κ3) is 2.23. The van der Waals surface area contributed by atoms with Gasteiger partial charge in [0.05, 0.1) is 7.11 Å². The number of hydrogen-bond donors (Lipinski definition) is 2. The molecule has 0 aromatic carbocycles. The van der Waals surface area contributed by atoms with Crippen LogP contribution in [0, 0.1) is 6.92 Å². The number of aromatic nitrogens is 2. The number of rotatable bonds is 4. The van der Waals surface area contributed by atoms with E-state index in [9.17, 15) is 4.79 Å². The summed E-state index contributed by atoms with van der Waals surface area (Å²) in [6.07, 6.45) is 2.41. The molecule has 6 heteroatoms. The van der Waals surface area contributed by atoms with E-state index in [-0.39, 0.29) is 5.91 Å². The van der Waals surface area contributed by atoms with Crippen molar-refractivity contribution < 1.29 is 9.53 Å². The summed E-state index contributed by atoms with van der Waals surface area (Å²) in [6.45, 7) is 1.98. The number of nitrogens with one attached hydrogen (secondary N) is 2. The number of amides is 1. The molecular formula is C13H15N3O2S. The van der Waals surface area contributed by atoms with Gasteiger partial charge >= 0.3 is 0 Å². The van der Waals surface area contributed by atoms with Gasteiger partial charge in [0.1, 0.15) is 10.6 Å². The van der Waals surface area contributed by atoms with Gasteiger partial charge in [-0.3, -0.25) is 9.89 Å². The smallest absolute Gasteiger partial charge is 0.270 e. The van der Waals surface area contributed by atoms with Gasteiger partial charge in [-0.15, -0.1) is 11.3 Å². The minimum atomic E-state index is -0.177. The Morgan fingerprint density at radius 2 is 2.37 bits per heavy atom. The average molecular weight is 277 g/mol. The average Bonchev–Trinajstić information content (AvgIpc) is 3.01. The Morgan fingerprint density at radius 1 is 1.58 bits per heavy atom. The fourth-order valence-electron chi connectivity index (χ4n) is 2.09. The number of carbonyl (C=O) groups excluding carboxylic acids is 1. The highest BCUT2D eigenvalue weighted by molar-refractivity contribution is 7.12. The maximum Gasteiger partial charge on any atom is 0.270 e. The zero-order valence-corrected chi connectivity index (χ0v) is 11.6. The summed E-state index contributed by atoms with van der Waals surface area (Å²) in [5.74, 6) is 1.62. The maximum absolute atomic E-state index is 12.2. The molecule has 0 atom stereocenters. The molecule has 1 aliphatic carbocycles. The summed E-state index contributed by atoms with van der Waals surface area (Å²) in [5, 5.41) is 11.9. The van der Waals surface area contributed by atoms with E-state index in [1.165, 1.54) is 24.2 Å². The molecule has 2 N–H and O–H groups in total. The number of anilines is 1. The summed E-state index contributed by atoms with van der Waals surface area (Å²) in [7, 11) is 1.56. The van der Waals surface area contributed by atoms with Crippen LogP contribution in [0.25, 0.3) is 0 Å². The fourth-order valence-corrected chi connectivity index (χ4v) is 2.84. The van der Waals surface area contributed by atoms with Crippen molar-refractivity contribution in [2.24, 2.45) is 0 Å². The predicted molar refractivity (Wildman–Crippen MR) is 74.1 cm³/mol. The number of H-pyrrole nitrogens is 1. The second kappa shape index (κ2) is 4.70. The highest BCUT2D eigenvalue weighted by Gasteiger charge is 2.28. The number of ether oxygens (including phenoxy) is 1. The molecular weight excluding hydrogens is 262 g/mol. The van der Waals surface area contributed by atoms with E-state index in [1.807, 2.05) is 12.3 Å². The first-order chi connectivity index (χ1) is 9.20. The van der Waals surface area contributed by atoms with Crippen molar-refractivity contribution in [1.29, 1.82) is 0 Å². The van der Waals surface area contributed by atoms with Crippen molar-refractivity contribution in [2.75, 3.05) is 12.4 Å². The van der Waals surface area contributed by atoms with E-state index < -0.39 is 0 Å². The molecule has 0 saturated heterocycles. The van der Waals surface area contributed by atoms with E-state index in [0.717, 1.165) is 11.3 Å². The van der Waals surface area contributed by atoms with Gasteiger partial charge in [-0.25, -0.2) is 0 Å². The molecule has 1 fully saturated rings. The second-order valence-corrected chi connectivity index (χ2v) is 5.57. The molecule has 0 unspecified atom stereocenters. The van der Waals surface area contributed by atoms with Crippen molar-refractivity contribution in [3.63, 3.8) is 0 Å². The van der Waals surface area contributed by atoms with Crippen molar-refractivity contribution in [1.82, 2.24) is 10.2 Å². The number of hydrogen-bond acceptors (Lipinski definition) is 4. The standard InChI is InChI=1S/C13H15N3O2S/c1-7-10(8-3-4-8)15-16-12(7)14-13(17)11-9(18-2)5-6-19-11/h5-6,8H,3-4H2,1-2H3,(H2,14,15,16,17). The lowest BCUT2D eigenvalue weighted by Gasteiger charge is -2.04. The summed E-state index contributed by atoms with van der Waals surface area (Å²) >= 11 is 1.36. The molecule has 2 heterocycles. The van der Waals surface area contributed by atoms with Gasteiger partial charge in [-0.1, -0.05) is 0 Å². The molecule has 1 amide bonds. The number of thiophene rings is 1.